The Hall–Kier alpha value is -1.27. The first-order valence-corrected chi connectivity index (χ1v) is 7.04. The van der Waals surface area contributed by atoms with Crippen LogP contribution in [0.25, 0.3) is 10.6 Å². The minimum Gasteiger partial charge on any atom is -0.466 e. The number of benzene rings is 1. The van der Waals surface area contributed by atoms with E-state index >= 15 is 0 Å². The van der Waals surface area contributed by atoms with Gasteiger partial charge in [-0.3, -0.25) is 4.79 Å². The van der Waals surface area contributed by atoms with E-state index in [1.54, 1.807) is 6.92 Å². The second kappa shape index (κ2) is 6.06. The third-order valence-corrected chi connectivity index (χ3v) is 3.66. The van der Waals surface area contributed by atoms with Crippen LogP contribution in [0.15, 0.2) is 28.7 Å². The molecule has 0 aliphatic rings. The van der Waals surface area contributed by atoms with Gasteiger partial charge in [0.2, 0.25) is 0 Å². The molecule has 0 radical (unpaired) electrons. The van der Waals surface area contributed by atoms with Crippen molar-refractivity contribution in [2.75, 3.05) is 6.61 Å². The van der Waals surface area contributed by atoms with Crippen LogP contribution in [-0.2, 0) is 16.0 Å². The number of hydrogen-bond donors (Lipinski definition) is 0. The van der Waals surface area contributed by atoms with E-state index < -0.39 is 0 Å². The fourth-order valence-corrected chi connectivity index (χ4v) is 2.46. The van der Waals surface area contributed by atoms with E-state index in [2.05, 4.69) is 26.1 Å². The lowest BCUT2D eigenvalue weighted by molar-refractivity contribution is -0.142. The molecule has 2 aromatic rings. The fourth-order valence-electron chi connectivity index (χ4n) is 1.37. The highest BCUT2D eigenvalue weighted by molar-refractivity contribution is 9.10. The molecule has 0 saturated heterocycles. The van der Waals surface area contributed by atoms with Crippen molar-refractivity contribution in [3.8, 4) is 10.6 Å². The Bertz CT molecular complexity index is 539. The molecule has 0 amide bonds. The second-order valence-corrected chi connectivity index (χ2v) is 5.47. The highest BCUT2D eigenvalue weighted by Gasteiger charge is 2.11. The molecule has 1 aromatic carbocycles. The first-order chi connectivity index (χ1) is 8.69. The Morgan fingerprint density at radius 1 is 1.33 bits per heavy atom. The standard InChI is InChI=1S/C12H11BrN2O2S/c1-2-17-11(16)7-10-14-15-12(18-10)8-3-5-9(13)6-4-8/h3-6H,2,7H2,1H3. The molecule has 0 unspecified atom stereocenters. The van der Waals surface area contributed by atoms with Crippen LogP contribution >= 0.6 is 27.3 Å². The summed E-state index contributed by atoms with van der Waals surface area (Å²) in [6, 6.07) is 7.81. The summed E-state index contributed by atoms with van der Waals surface area (Å²) in [5.74, 6) is -0.268. The zero-order valence-electron chi connectivity index (χ0n) is 9.72. The average Bonchev–Trinajstić information content (AvgIpc) is 2.78. The van der Waals surface area contributed by atoms with Gasteiger partial charge in [-0.25, -0.2) is 0 Å². The Labute approximate surface area is 117 Å². The molecular formula is C12H11BrN2O2S. The molecule has 0 atom stereocenters. The topological polar surface area (TPSA) is 52.1 Å². The van der Waals surface area contributed by atoms with Gasteiger partial charge in [0.15, 0.2) is 0 Å². The van der Waals surface area contributed by atoms with Gasteiger partial charge in [0.05, 0.1) is 13.0 Å². The van der Waals surface area contributed by atoms with Crippen molar-refractivity contribution in [1.82, 2.24) is 10.2 Å². The molecule has 94 valence electrons. The molecule has 2 rings (SSSR count). The summed E-state index contributed by atoms with van der Waals surface area (Å²) in [7, 11) is 0. The van der Waals surface area contributed by atoms with Crippen LogP contribution in [0.3, 0.4) is 0 Å². The molecule has 4 nitrogen and oxygen atoms in total. The molecule has 0 bridgehead atoms. The Morgan fingerprint density at radius 2 is 2.06 bits per heavy atom. The quantitative estimate of drug-likeness (QED) is 0.810. The summed E-state index contributed by atoms with van der Waals surface area (Å²) in [5.41, 5.74) is 0.991. The fraction of sp³-hybridized carbons (Fsp3) is 0.250. The first-order valence-electron chi connectivity index (χ1n) is 5.43. The van der Waals surface area contributed by atoms with Gasteiger partial charge in [-0.2, -0.15) is 0 Å². The average molecular weight is 327 g/mol. The third kappa shape index (κ3) is 3.36. The zero-order valence-corrected chi connectivity index (χ0v) is 12.1. The van der Waals surface area contributed by atoms with Crippen molar-refractivity contribution in [3.63, 3.8) is 0 Å². The number of nitrogens with zero attached hydrogens (tertiary/aromatic N) is 2. The molecule has 18 heavy (non-hydrogen) atoms. The van der Waals surface area contributed by atoms with Crippen LogP contribution in [-0.4, -0.2) is 22.8 Å². The van der Waals surface area contributed by atoms with E-state index in [-0.39, 0.29) is 12.4 Å². The minimum absolute atomic E-state index is 0.183. The molecular weight excluding hydrogens is 316 g/mol. The van der Waals surface area contributed by atoms with Crippen molar-refractivity contribution in [2.24, 2.45) is 0 Å². The van der Waals surface area contributed by atoms with Gasteiger partial charge >= 0.3 is 5.97 Å². The minimum atomic E-state index is -0.268. The summed E-state index contributed by atoms with van der Waals surface area (Å²) in [4.78, 5) is 11.3. The summed E-state index contributed by atoms with van der Waals surface area (Å²) in [6.07, 6.45) is 0.183. The maximum atomic E-state index is 11.3. The van der Waals surface area contributed by atoms with Crippen molar-refractivity contribution in [2.45, 2.75) is 13.3 Å². The number of carbonyl (C=O) groups excluding carboxylic acids is 1. The monoisotopic (exact) mass is 326 g/mol. The van der Waals surface area contributed by atoms with E-state index in [1.165, 1.54) is 11.3 Å². The van der Waals surface area contributed by atoms with Crippen molar-refractivity contribution >= 4 is 33.2 Å². The van der Waals surface area contributed by atoms with Crippen LogP contribution in [0.2, 0.25) is 0 Å². The molecule has 0 saturated carbocycles. The number of rotatable bonds is 4. The van der Waals surface area contributed by atoms with Crippen molar-refractivity contribution in [3.05, 3.63) is 33.7 Å². The van der Waals surface area contributed by atoms with Crippen LogP contribution in [0.4, 0.5) is 0 Å². The first kappa shape index (κ1) is 13.2. The predicted molar refractivity (Wildman–Crippen MR) is 73.4 cm³/mol. The van der Waals surface area contributed by atoms with E-state index in [0.717, 1.165) is 15.0 Å². The zero-order chi connectivity index (χ0) is 13.0. The van der Waals surface area contributed by atoms with Crippen LogP contribution in [0.5, 0.6) is 0 Å². The van der Waals surface area contributed by atoms with E-state index in [9.17, 15) is 4.79 Å². The van der Waals surface area contributed by atoms with Gasteiger partial charge in [0, 0.05) is 10.0 Å². The van der Waals surface area contributed by atoms with E-state index in [1.807, 2.05) is 24.3 Å². The molecule has 0 aliphatic heterocycles. The molecule has 6 heteroatoms. The van der Waals surface area contributed by atoms with Gasteiger partial charge in [0.1, 0.15) is 10.0 Å². The number of hydrogen-bond acceptors (Lipinski definition) is 5. The number of halogens is 1. The van der Waals surface area contributed by atoms with Gasteiger partial charge in [0.25, 0.3) is 0 Å². The molecule has 0 spiro atoms. The largest absolute Gasteiger partial charge is 0.466 e. The number of carbonyl (C=O) groups is 1. The molecule has 0 aliphatic carbocycles. The van der Waals surface area contributed by atoms with Gasteiger partial charge < -0.3 is 4.74 Å². The summed E-state index contributed by atoms with van der Waals surface area (Å²) < 4.78 is 5.89. The molecule has 1 heterocycles. The maximum Gasteiger partial charge on any atom is 0.312 e. The molecule has 0 N–H and O–H groups in total. The van der Waals surface area contributed by atoms with Crippen LogP contribution in [0.1, 0.15) is 11.9 Å². The summed E-state index contributed by atoms with van der Waals surface area (Å²) in [5, 5.41) is 9.55. The van der Waals surface area contributed by atoms with E-state index in [0.29, 0.717) is 11.6 Å². The normalized spacial score (nSPS) is 10.3. The van der Waals surface area contributed by atoms with Gasteiger partial charge in [-0.05, 0) is 19.1 Å². The number of ether oxygens (including phenoxy) is 1. The second-order valence-electron chi connectivity index (χ2n) is 3.49. The molecule has 1 aromatic heterocycles. The van der Waals surface area contributed by atoms with E-state index in [4.69, 9.17) is 4.74 Å². The van der Waals surface area contributed by atoms with Gasteiger partial charge in [-0.15, -0.1) is 10.2 Å². The van der Waals surface area contributed by atoms with Crippen molar-refractivity contribution < 1.29 is 9.53 Å². The Kier molecular flexibility index (Phi) is 4.43. The maximum absolute atomic E-state index is 11.3. The highest BCUT2D eigenvalue weighted by Crippen LogP contribution is 2.25. The lowest BCUT2D eigenvalue weighted by Crippen LogP contribution is -2.07. The summed E-state index contributed by atoms with van der Waals surface area (Å²) >= 11 is 4.79. The van der Waals surface area contributed by atoms with Crippen LogP contribution < -0.4 is 0 Å². The lowest BCUT2D eigenvalue weighted by Gasteiger charge is -1.97. The number of aromatic nitrogens is 2. The highest BCUT2D eigenvalue weighted by atomic mass is 79.9. The smallest absolute Gasteiger partial charge is 0.312 e. The van der Waals surface area contributed by atoms with Crippen LogP contribution in [0, 0.1) is 0 Å². The van der Waals surface area contributed by atoms with Crippen molar-refractivity contribution in [1.29, 1.82) is 0 Å². The third-order valence-electron chi connectivity index (χ3n) is 2.16. The Morgan fingerprint density at radius 3 is 2.72 bits per heavy atom. The number of esters is 1. The predicted octanol–water partition coefficient (Wildman–Crippen LogP) is 3.07. The SMILES string of the molecule is CCOC(=O)Cc1nnc(-c2ccc(Br)cc2)s1. The summed E-state index contributed by atoms with van der Waals surface area (Å²) in [6.45, 7) is 2.17. The Balaban J connectivity index is 2.10. The lowest BCUT2D eigenvalue weighted by atomic mass is 10.2. The van der Waals surface area contributed by atoms with Gasteiger partial charge in [-0.1, -0.05) is 39.4 Å². The molecule has 0 fully saturated rings.